The minimum absolute atomic E-state index is 0.260. The van der Waals surface area contributed by atoms with E-state index in [0.29, 0.717) is 5.02 Å². The molecule has 0 spiro atoms. The number of esters is 1. The molecule has 1 atom stereocenters. The van der Waals surface area contributed by atoms with Crippen molar-refractivity contribution in [2.24, 2.45) is 0 Å². The predicted molar refractivity (Wildman–Crippen MR) is 152 cm³/mol. The quantitative estimate of drug-likeness (QED) is 0.206. The maximum absolute atomic E-state index is 13.3. The molecule has 9 heteroatoms. The summed E-state index contributed by atoms with van der Waals surface area (Å²) >= 11 is 7.82. The Balaban J connectivity index is 1.78. The van der Waals surface area contributed by atoms with Crippen LogP contribution in [0.4, 0.5) is 0 Å². The number of fused-ring (bicyclic) bond motifs is 2. The summed E-state index contributed by atoms with van der Waals surface area (Å²) in [6.45, 7) is 11.8. The third kappa shape index (κ3) is 5.04. The van der Waals surface area contributed by atoms with Gasteiger partial charge >= 0.3 is 5.97 Å². The van der Waals surface area contributed by atoms with Gasteiger partial charge in [-0.15, -0.1) is 16.4 Å². The number of rotatable bonds is 6. The molecule has 0 aliphatic rings. The molecule has 0 aliphatic heterocycles. The van der Waals surface area contributed by atoms with Crippen molar-refractivity contribution >= 4 is 44.6 Å². The summed E-state index contributed by atoms with van der Waals surface area (Å²) in [5.74, 6) is -0.418. The molecule has 2 aromatic carbocycles. The number of hydrogen-bond acceptors (Lipinski definition) is 7. The molecule has 0 aliphatic carbocycles. The molecule has 0 radical (unpaired) electrons. The van der Waals surface area contributed by atoms with E-state index < -0.39 is 17.7 Å². The van der Waals surface area contributed by atoms with E-state index in [1.807, 2.05) is 83.3 Å². The van der Waals surface area contributed by atoms with E-state index in [1.54, 1.807) is 22.8 Å². The first-order valence-electron chi connectivity index (χ1n) is 12.4. The Bertz CT molecular complexity index is 1650. The second-order valence-electron chi connectivity index (χ2n) is 10.1. The van der Waals surface area contributed by atoms with Crippen molar-refractivity contribution in [2.75, 3.05) is 6.61 Å². The van der Waals surface area contributed by atoms with Gasteiger partial charge in [-0.25, -0.2) is 14.3 Å². The highest BCUT2D eigenvalue weighted by molar-refractivity contribution is 7.22. The standard InChI is InChI=1S/C29H29ClN4O3S/c1-7-36-28(35)25(37-29(4,5)6)23-16(2)14-21-26(24(23)18-8-10-20(30)11-9-18)38-27(31-21)19-12-13-34-22(15-19)17(3)32-33-34/h8-15,25H,7H2,1-6H3/t25-/m0/s1. The van der Waals surface area contributed by atoms with E-state index in [-0.39, 0.29) is 6.61 Å². The van der Waals surface area contributed by atoms with Gasteiger partial charge < -0.3 is 9.47 Å². The maximum atomic E-state index is 13.3. The van der Waals surface area contributed by atoms with Gasteiger partial charge in [0.1, 0.15) is 5.01 Å². The van der Waals surface area contributed by atoms with Gasteiger partial charge in [-0.1, -0.05) is 28.9 Å². The summed E-state index contributed by atoms with van der Waals surface area (Å²) in [6.07, 6.45) is 0.981. The molecule has 5 rings (SSSR count). The van der Waals surface area contributed by atoms with Crippen LogP contribution in [0.3, 0.4) is 0 Å². The van der Waals surface area contributed by atoms with Gasteiger partial charge in [-0.3, -0.25) is 0 Å². The van der Waals surface area contributed by atoms with Crippen molar-refractivity contribution in [1.82, 2.24) is 19.8 Å². The molecule has 0 fully saturated rings. The molecule has 0 saturated heterocycles. The van der Waals surface area contributed by atoms with E-state index in [1.165, 1.54) is 0 Å². The first kappa shape index (κ1) is 26.3. The number of carbonyl (C=O) groups is 1. The van der Waals surface area contributed by atoms with Gasteiger partial charge in [0.2, 0.25) is 0 Å². The summed E-state index contributed by atoms with van der Waals surface area (Å²) in [6, 6.07) is 13.7. The molecule has 0 bridgehead atoms. The summed E-state index contributed by atoms with van der Waals surface area (Å²) < 4.78 is 14.6. The number of carbonyl (C=O) groups excluding carboxylic acids is 1. The zero-order chi connectivity index (χ0) is 27.2. The Morgan fingerprint density at radius 3 is 2.53 bits per heavy atom. The third-order valence-corrected chi connectivity index (χ3v) is 7.53. The molecular formula is C29H29ClN4O3S. The van der Waals surface area contributed by atoms with Crippen LogP contribution in [0, 0.1) is 13.8 Å². The number of aromatic nitrogens is 4. The fraction of sp³-hybridized carbons (Fsp3) is 0.310. The Hall–Kier alpha value is -3.33. The number of pyridine rings is 1. The lowest BCUT2D eigenvalue weighted by atomic mass is 9.91. The zero-order valence-corrected chi connectivity index (χ0v) is 23.8. The lowest BCUT2D eigenvalue weighted by Gasteiger charge is -2.29. The Labute approximate surface area is 230 Å². The number of benzene rings is 2. The van der Waals surface area contributed by atoms with E-state index in [9.17, 15) is 4.79 Å². The summed E-state index contributed by atoms with van der Waals surface area (Å²) in [7, 11) is 0. The van der Waals surface area contributed by atoms with Crippen LogP contribution in [0.25, 0.3) is 37.4 Å². The second-order valence-corrected chi connectivity index (χ2v) is 11.6. The number of halogens is 1. The molecule has 3 aromatic heterocycles. The van der Waals surface area contributed by atoms with Gasteiger partial charge in [-0.2, -0.15) is 0 Å². The van der Waals surface area contributed by atoms with Crippen LogP contribution in [0.5, 0.6) is 0 Å². The van der Waals surface area contributed by atoms with Crippen molar-refractivity contribution in [1.29, 1.82) is 0 Å². The van der Waals surface area contributed by atoms with Crippen LogP contribution in [0.15, 0.2) is 48.7 Å². The van der Waals surface area contributed by atoms with Crippen molar-refractivity contribution in [3.63, 3.8) is 0 Å². The van der Waals surface area contributed by atoms with Crippen LogP contribution in [0.2, 0.25) is 5.02 Å². The largest absolute Gasteiger partial charge is 0.464 e. The molecule has 0 amide bonds. The first-order valence-corrected chi connectivity index (χ1v) is 13.6. The molecule has 196 valence electrons. The lowest BCUT2D eigenvalue weighted by molar-refractivity contribution is -0.166. The minimum atomic E-state index is -0.910. The number of thiazole rings is 1. The maximum Gasteiger partial charge on any atom is 0.339 e. The number of ether oxygens (including phenoxy) is 2. The fourth-order valence-electron chi connectivity index (χ4n) is 4.51. The first-order chi connectivity index (χ1) is 18.1. The van der Waals surface area contributed by atoms with E-state index in [0.717, 1.165) is 54.3 Å². The second kappa shape index (κ2) is 10.1. The highest BCUT2D eigenvalue weighted by atomic mass is 35.5. The van der Waals surface area contributed by atoms with Crippen LogP contribution in [-0.2, 0) is 14.3 Å². The number of hydrogen-bond donors (Lipinski definition) is 0. The SMILES string of the molecule is CCOC(=O)[C@@H](OC(C)(C)C)c1c(C)cc2nc(-c3ccn4nnc(C)c4c3)sc2c1-c1ccc(Cl)cc1. The van der Waals surface area contributed by atoms with Crippen LogP contribution >= 0.6 is 22.9 Å². The van der Waals surface area contributed by atoms with Crippen molar-refractivity contribution < 1.29 is 14.3 Å². The molecule has 5 aromatic rings. The minimum Gasteiger partial charge on any atom is -0.464 e. The monoisotopic (exact) mass is 548 g/mol. The van der Waals surface area contributed by atoms with Gasteiger partial charge in [0.15, 0.2) is 6.10 Å². The van der Waals surface area contributed by atoms with Crippen LogP contribution in [0.1, 0.15) is 50.6 Å². The molecule has 38 heavy (non-hydrogen) atoms. The lowest BCUT2D eigenvalue weighted by Crippen LogP contribution is -2.29. The highest BCUT2D eigenvalue weighted by Gasteiger charge is 2.33. The molecular weight excluding hydrogens is 520 g/mol. The number of aryl methyl sites for hydroxylation is 2. The smallest absolute Gasteiger partial charge is 0.339 e. The number of nitrogens with zero attached hydrogens (tertiary/aromatic N) is 4. The summed E-state index contributed by atoms with van der Waals surface area (Å²) in [4.78, 5) is 18.3. The molecule has 0 N–H and O–H groups in total. The van der Waals surface area contributed by atoms with Gasteiger partial charge in [-0.05, 0) is 83.0 Å². The predicted octanol–water partition coefficient (Wildman–Crippen LogP) is 7.36. The van der Waals surface area contributed by atoms with Gasteiger partial charge in [0.05, 0.1) is 33.6 Å². The third-order valence-electron chi connectivity index (χ3n) is 6.14. The zero-order valence-electron chi connectivity index (χ0n) is 22.2. The van der Waals surface area contributed by atoms with Gasteiger partial charge in [0.25, 0.3) is 0 Å². The van der Waals surface area contributed by atoms with E-state index in [4.69, 9.17) is 26.1 Å². The van der Waals surface area contributed by atoms with E-state index >= 15 is 0 Å². The average Bonchev–Trinajstić information content (AvgIpc) is 3.45. The molecule has 0 saturated carbocycles. The average molecular weight is 549 g/mol. The van der Waals surface area contributed by atoms with Gasteiger partial charge in [0, 0.05) is 27.9 Å². The summed E-state index contributed by atoms with van der Waals surface area (Å²) in [5, 5.41) is 9.80. The Kier molecular flexibility index (Phi) is 6.98. The Morgan fingerprint density at radius 1 is 1.11 bits per heavy atom. The van der Waals surface area contributed by atoms with Crippen molar-refractivity contribution in [3.05, 3.63) is 70.5 Å². The van der Waals surface area contributed by atoms with Crippen LogP contribution in [-0.4, -0.2) is 38.0 Å². The van der Waals surface area contributed by atoms with E-state index in [2.05, 4.69) is 10.3 Å². The normalized spacial score (nSPS) is 12.8. The molecule has 3 heterocycles. The topological polar surface area (TPSA) is 78.6 Å². The van der Waals surface area contributed by atoms with Crippen molar-refractivity contribution in [3.8, 4) is 21.7 Å². The Morgan fingerprint density at radius 2 is 1.84 bits per heavy atom. The summed E-state index contributed by atoms with van der Waals surface area (Å²) in [5.41, 5.74) is 6.50. The molecule has 0 unspecified atom stereocenters. The molecule has 7 nitrogen and oxygen atoms in total. The fourth-order valence-corrected chi connectivity index (χ4v) is 5.76. The highest BCUT2D eigenvalue weighted by Crippen LogP contribution is 2.44. The van der Waals surface area contributed by atoms with Crippen molar-refractivity contribution in [2.45, 2.75) is 53.2 Å². The van der Waals surface area contributed by atoms with Crippen LogP contribution < -0.4 is 0 Å².